The quantitative estimate of drug-likeness (QED) is 0.358. The molecule has 0 aliphatic carbocycles. The Morgan fingerprint density at radius 1 is 0.397 bits per heavy atom. The average molecular weight is 1510 g/mol. The van der Waals surface area contributed by atoms with E-state index >= 15 is 0 Å². The van der Waals surface area contributed by atoms with Crippen LogP contribution in [0.4, 0.5) is 0 Å². The smallest absolute Gasteiger partial charge is 0.399 e. The van der Waals surface area contributed by atoms with E-state index in [1.54, 1.807) is 107 Å². The van der Waals surface area contributed by atoms with E-state index < -0.39 is 7.12 Å². The van der Waals surface area contributed by atoms with E-state index in [9.17, 15) is 0 Å². The zero-order valence-electron chi connectivity index (χ0n) is 31.0. The molecular formula is C23H24BNO2S36. The number of pyridine rings is 1. The fraction of sp³-hybridized carbons (Fsp3) is 0.261. The van der Waals surface area contributed by atoms with Gasteiger partial charge in [0.05, 0.1) is 16.9 Å². The summed E-state index contributed by atoms with van der Waals surface area (Å²) in [4.78, 5) is 4.72. The van der Waals surface area contributed by atoms with Crippen molar-refractivity contribution in [2.24, 2.45) is 0 Å². The van der Waals surface area contributed by atoms with Crippen molar-refractivity contribution in [3.63, 3.8) is 0 Å². The van der Waals surface area contributed by atoms with Crippen molar-refractivity contribution in [1.82, 2.24) is 4.98 Å². The van der Waals surface area contributed by atoms with Crippen LogP contribution in [0, 0.1) is 0 Å². The van der Waals surface area contributed by atoms with Crippen LogP contribution in [0.1, 0.15) is 27.7 Å². The summed E-state index contributed by atoms with van der Waals surface area (Å²) in [6, 6.07) is 22.7. The van der Waals surface area contributed by atoms with Gasteiger partial charge in [0.1, 0.15) is 0 Å². The predicted octanol–water partition coefficient (Wildman–Crippen LogP) is 4.63. The first-order chi connectivity index (χ1) is 30.8. The van der Waals surface area contributed by atoms with Crippen LogP contribution in [0.5, 0.6) is 0 Å². The van der Waals surface area contributed by atoms with Gasteiger partial charge in [-0.15, -0.1) is 0 Å². The Balaban J connectivity index is 0.000000346. The number of rotatable bonds is 3. The molecule has 0 atom stereocenters. The molecular weight excluding hydrogens is 1490 g/mol. The molecule has 63 heavy (non-hydrogen) atoms. The lowest BCUT2D eigenvalue weighted by Gasteiger charge is -2.32. The van der Waals surface area contributed by atoms with E-state index in [0.717, 1.165) is 27.8 Å². The monoisotopic (exact) mass is 1510 g/mol. The van der Waals surface area contributed by atoms with E-state index in [1.165, 1.54) is 17.8 Å². The summed E-state index contributed by atoms with van der Waals surface area (Å²) in [7, 11) is 59.6. The van der Waals surface area contributed by atoms with Gasteiger partial charge < -0.3 is 9.31 Å². The van der Waals surface area contributed by atoms with E-state index in [1.807, 2.05) is 220 Å². The second-order valence-electron chi connectivity index (χ2n) is 10.3. The summed E-state index contributed by atoms with van der Waals surface area (Å²) >= 11 is 9.59. The molecule has 0 spiro atoms. The van der Waals surface area contributed by atoms with Crippen LogP contribution in [0.25, 0.3) is 22.4 Å². The zero-order chi connectivity index (χ0) is 45.1. The van der Waals surface area contributed by atoms with Crippen molar-refractivity contribution in [3.8, 4) is 22.4 Å². The third-order valence-electron chi connectivity index (χ3n) is 6.51. The highest BCUT2D eigenvalue weighted by Crippen LogP contribution is 2.37. The number of aromatic nitrogens is 1. The summed E-state index contributed by atoms with van der Waals surface area (Å²) in [5, 5.41) is 0. The molecule has 0 bridgehead atoms. The van der Waals surface area contributed by atoms with Crippen LogP contribution >= 0.6 is 0 Å². The highest BCUT2D eigenvalue weighted by Gasteiger charge is 2.52. The normalized spacial score (nSPS) is 12.0. The fourth-order valence-electron chi connectivity index (χ4n) is 3.62. The molecule has 40 heteroatoms. The molecule has 1 aliphatic heterocycles. The summed E-state index contributed by atoms with van der Waals surface area (Å²) < 4.78 is 12.6. The standard InChI is InChI=1S/C23H24BNO2.S36/c1-22(2)23(3,4)27-24(26-22)20-16-25-21(18-13-9-6-10-14-18)15-19(20)17-11-7-5-8-12-17;1-3-5-7-9-11-13-15-17-19-21-23-25-27-29-31-33-35-36-34-32-30-28-26-24-22-20-18-16-14-12-10-8-6-4-2/h5-16H,1-4H3;. The van der Waals surface area contributed by atoms with Gasteiger partial charge in [0.25, 0.3) is 0 Å². The van der Waals surface area contributed by atoms with Crippen LogP contribution in [-0.4, -0.2) is 23.3 Å². The van der Waals surface area contributed by atoms with Crippen LogP contribution in [0.3, 0.4) is 0 Å². The Hall–Kier alpha value is 5.49. The van der Waals surface area contributed by atoms with Crippen molar-refractivity contribution in [3.05, 3.63) is 72.9 Å². The average Bonchev–Trinajstić information content (AvgIpc) is 3.52. The molecule has 1 saturated heterocycles. The third kappa shape index (κ3) is 29.8. The first-order valence-electron chi connectivity index (χ1n) is 15.2. The molecule has 1 aromatic heterocycles. The number of nitrogens with zero attached hydrogens (tertiary/aromatic N) is 1. The van der Waals surface area contributed by atoms with E-state index in [2.05, 4.69) is 58.0 Å². The van der Waals surface area contributed by atoms with Crippen LogP contribution in [-0.2, 0) is 334 Å². The molecule has 0 saturated carbocycles. The summed E-state index contributed by atoms with van der Waals surface area (Å²) in [5.74, 6) is 0. The van der Waals surface area contributed by atoms with E-state index in [0.29, 0.717) is 0 Å². The molecule has 1 aliphatic rings. The lowest BCUT2D eigenvalue weighted by Crippen LogP contribution is -2.41. The summed E-state index contributed by atoms with van der Waals surface area (Å²) in [6.07, 6.45) is 1.90. The topological polar surface area (TPSA) is 31.4 Å². The minimum Gasteiger partial charge on any atom is -0.399 e. The van der Waals surface area contributed by atoms with Gasteiger partial charge in [-0.05, 0) is 44.9 Å². The Morgan fingerprint density at radius 3 is 0.952 bits per heavy atom. The van der Waals surface area contributed by atoms with Crippen LogP contribution in [0.2, 0.25) is 0 Å². The highest BCUT2D eigenvalue weighted by molar-refractivity contribution is 8.80. The Morgan fingerprint density at radius 2 is 0.667 bits per heavy atom. The summed E-state index contributed by atoms with van der Waals surface area (Å²) in [5.41, 5.74) is 4.43. The molecule has 4 rings (SSSR count). The Kier molecular flexibility index (Phi) is 41.7. The van der Waals surface area contributed by atoms with Crippen molar-refractivity contribution in [2.45, 2.75) is 38.9 Å². The van der Waals surface area contributed by atoms with Gasteiger partial charge in [0.15, 0.2) is 0 Å². The maximum atomic E-state index is 6.30. The molecule has 2 aromatic carbocycles. The van der Waals surface area contributed by atoms with Gasteiger partial charge in [-0.1, -0.05) is 60.7 Å². The Labute approximate surface area is 474 Å². The molecule has 0 unspecified atom stereocenters. The minimum absolute atomic E-state index is 0.385. The lowest BCUT2D eigenvalue weighted by molar-refractivity contribution is 0.00578. The minimum atomic E-state index is -0.442. The Bertz CT molecular complexity index is 3530. The number of benzene rings is 2. The van der Waals surface area contributed by atoms with Crippen LogP contribution < -0.4 is 5.46 Å². The molecule has 3 nitrogen and oxygen atoms in total. The highest BCUT2D eigenvalue weighted by atomic mass is 33.5. The maximum absolute atomic E-state index is 6.30. The largest absolute Gasteiger partial charge is 0.497 e. The van der Waals surface area contributed by atoms with E-state index in [-0.39, 0.29) is 11.2 Å². The lowest BCUT2D eigenvalue weighted by atomic mass is 9.75. The molecule has 2 heterocycles. The van der Waals surface area contributed by atoms with Gasteiger partial charge in [0, 0.05) is 342 Å². The molecule has 0 radical (unpaired) electrons. The molecule has 3 aromatic rings. The first-order valence-corrected chi connectivity index (χ1v) is 61.8. The number of hydrogen-bond donors (Lipinski definition) is 0. The van der Waals surface area contributed by atoms with Crippen molar-refractivity contribution in [1.29, 1.82) is 0 Å². The fourth-order valence-corrected chi connectivity index (χ4v) is 91.4. The third-order valence-corrected chi connectivity index (χ3v) is 79.8. The molecule has 352 valence electrons. The molecule has 1 fully saturated rings. The van der Waals surface area contributed by atoms with Crippen LogP contribution in [0.15, 0.2) is 72.9 Å². The van der Waals surface area contributed by atoms with Crippen molar-refractivity contribution >= 4 is 337 Å². The summed E-state index contributed by atoms with van der Waals surface area (Å²) in [6.45, 7) is 8.28. The zero-order valence-corrected chi connectivity index (χ0v) is 60.4. The SMILES string of the molecule is CC1(C)OB(c2cnc(-c3ccccc3)cc2-c2ccccc2)OC1(C)C.S=S=S=S=S=S=S=S=S=S=S=S=S=S=S=S=S=S=S=S=S=S=S=S=S=S=S=S=S=S=S=S=S=S=S=S. The van der Waals surface area contributed by atoms with E-state index in [4.69, 9.17) is 36.7 Å². The number of hydrogen-bond acceptors (Lipinski definition) is 5. The van der Waals surface area contributed by atoms with Gasteiger partial charge >= 0.3 is 7.12 Å². The van der Waals surface area contributed by atoms with Crippen molar-refractivity contribution < 1.29 is 9.31 Å². The van der Waals surface area contributed by atoms with Gasteiger partial charge in [-0.25, -0.2) is 0 Å². The molecule has 0 N–H and O–H groups in total. The van der Waals surface area contributed by atoms with Crippen molar-refractivity contribution in [2.75, 3.05) is 0 Å². The van der Waals surface area contributed by atoms with Gasteiger partial charge in [-0.3, -0.25) is 4.98 Å². The predicted molar refractivity (Wildman–Crippen MR) is 376 cm³/mol. The molecule has 0 amide bonds. The second kappa shape index (κ2) is 41.8. The maximum Gasteiger partial charge on any atom is 0.497 e. The van der Waals surface area contributed by atoms with Gasteiger partial charge in [-0.2, -0.15) is 0 Å². The first kappa shape index (κ1) is 62.8. The van der Waals surface area contributed by atoms with Gasteiger partial charge in [0.2, 0.25) is 0 Å². The second-order valence-corrected chi connectivity index (χ2v) is 70.4.